The molecule has 0 aliphatic rings. The van der Waals surface area contributed by atoms with Crippen LogP contribution in [-0.2, 0) is 5.41 Å². The zero-order valence-corrected chi connectivity index (χ0v) is 13.1. The molecule has 21 heavy (non-hydrogen) atoms. The molecule has 0 amide bonds. The normalized spacial score (nSPS) is 11.6. The summed E-state index contributed by atoms with van der Waals surface area (Å²) in [5, 5.41) is 9.43. The minimum Gasteiger partial charge on any atom is -0.331 e. The van der Waals surface area contributed by atoms with Gasteiger partial charge in [0.15, 0.2) is 5.13 Å². The van der Waals surface area contributed by atoms with Crippen molar-refractivity contribution in [2.75, 3.05) is 5.32 Å². The molecule has 0 saturated heterocycles. The Labute approximate surface area is 127 Å². The van der Waals surface area contributed by atoms with Crippen molar-refractivity contribution in [2.45, 2.75) is 26.2 Å². The summed E-state index contributed by atoms with van der Waals surface area (Å²) < 4.78 is 1.77. The lowest BCUT2D eigenvalue weighted by Crippen LogP contribution is -2.15. The highest BCUT2D eigenvalue weighted by Gasteiger charge is 2.25. The van der Waals surface area contributed by atoms with Crippen molar-refractivity contribution >= 4 is 22.2 Å². The van der Waals surface area contributed by atoms with Crippen molar-refractivity contribution in [1.82, 2.24) is 19.7 Å². The highest BCUT2D eigenvalue weighted by molar-refractivity contribution is 7.18. The van der Waals surface area contributed by atoms with Crippen LogP contribution in [-0.4, -0.2) is 19.7 Å². The average molecular weight is 299 g/mol. The van der Waals surface area contributed by atoms with Gasteiger partial charge in [0.2, 0.25) is 0 Å². The zero-order chi connectivity index (χ0) is 14.9. The first-order valence-corrected chi connectivity index (χ1v) is 7.54. The van der Waals surface area contributed by atoms with Crippen LogP contribution in [0.15, 0.2) is 43.0 Å². The summed E-state index contributed by atoms with van der Waals surface area (Å²) in [7, 11) is 0. The second-order valence-corrected chi connectivity index (χ2v) is 6.73. The fourth-order valence-corrected chi connectivity index (χ4v) is 3.09. The van der Waals surface area contributed by atoms with Gasteiger partial charge < -0.3 is 5.32 Å². The van der Waals surface area contributed by atoms with Crippen LogP contribution >= 0.6 is 11.3 Å². The monoisotopic (exact) mass is 299 g/mol. The van der Waals surface area contributed by atoms with E-state index < -0.39 is 0 Å². The van der Waals surface area contributed by atoms with Crippen LogP contribution in [0.25, 0.3) is 5.00 Å². The molecule has 0 aliphatic heterocycles. The van der Waals surface area contributed by atoms with Gasteiger partial charge >= 0.3 is 0 Å². The van der Waals surface area contributed by atoms with Crippen molar-refractivity contribution in [3.8, 4) is 5.00 Å². The molecule has 0 bridgehead atoms. The van der Waals surface area contributed by atoms with Gasteiger partial charge in [0.05, 0.1) is 5.69 Å². The van der Waals surface area contributed by atoms with Gasteiger partial charge in [0.1, 0.15) is 17.7 Å². The molecule has 0 spiro atoms. The number of hydrogen-bond acceptors (Lipinski definition) is 5. The van der Waals surface area contributed by atoms with E-state index in [0.717, 1.165) is 21.5 Å². The lowest BCUT2D eigenvalue weighted by Gasteiger charge is -2.16. The third-order valence-electron chi connectivity index (χ3n) is 2.97. The molecule has 1 N–H and O–H groups in total. The third kappa shape index (κ3) is 2.95. The van der Waals surface area contributed by atoms with E-state index in [0.29, 0.717) is 0 Å². The first kappa shape index (κ1) is 13.8. The molecule has 6 heteroatoms. The Morgan fingerprint density at radius 1 is 1.14 bits per heavy atom. The smallest absolute Gasteiger partial charge is 0.189 e. The minimum atomic E-state index is -0.0611. The van der Waals surface area contributed by atoms with Gasteiger partial charge in [0, 0.05) is 11.1 Å². The standard InChI is InChI=1S/C15H17N5S/c1-15(2,3)12-13(20-10-16-9-17-20)21-14(19-12)18-11-7-5-4-6-8-11/h4-10H,1-3H3,(H,18,19). The predicted molar refractivity (Wildman–Crippen MR) is 85.5 cm³/mol. The van der Waals surface area contributed by atoms with E-state index in [9.17, 15) is 0 Å². The number of nitrogens with zero attached hydrogens (tertiary/aromatic N) is 4. The Hall–Kier alpha value is -2.21. The van der Waals surface area contributed by atoms with Crippen molar-refractivity contribution < 1.29 is 0 Å². The van der Waals surface area contributed by atoms with Crippen LogP contribution in [0.2, 0.25) is 0 Å². The second-order valence-electron chi connectivity index (χ2n) is 5.75. The van der Waals surface area contributed by atoms with Crippen LogP contribution in [0.3, 0.4) is 0 Å². The Kier molecular flexibility index (Phi) is 3.47. The van der Waals surface area contributed by atoms with E-state index in [4.69, 9.17) is 4.98 Å². The summed E-state index contributed by atoms with van der Waals surface area (Å²) in [5.74, 6) is 0. The van der Waals surface area contributed by atoms with Gasteiger partial charge in [-0.25, -0.2) is 14.6 Å². The highest BCUT2D eigenvalue weighted by atomic mass is 32.1. The Balaban J connectivity index is 2.00. The average Bonchev–Trinajstić information content (AvgIpc) is 3.07. The molecule has 3 rings (SSSR count). The quantitative estimate of drug-likeness (QED) is 0.800. The topological polar surface area (TPSA) is 55.6 Å². The van der Waals surface area contributed by atoms with E-state index in [-0.39, 0.29) is 5.41 Å². The number of aromatic nitrogens is 4. The summed E-state index contributed by atoms with van der Waals surface area (Å²) in [4.78, 5) is 8.78. The highest BCUT2D eigenvalue weighted by Crippen LogP contribution is 2.35. The van der Waals surface area contributed by atoms with Crippen molar-refractivity contribution in [2.24, 2.45) is 0 Å². The summed E-state index contributed by atoms with van der Waals surface area (Å²) in [6.07, 6.45) is 3.24. The lowest BCUT2D eigenvalue weighted by molar-refractivity contribution is 0.567. The largest absolute Gasteiger partial charge is 0.331 e. The predicted octanol–water partition coefficient (Wildman–Crippen LogP) is 3.76. The van der Waals surface area contributed by atoms with Gasteiger partial charge in [-0.05, 0) is 12.1 Å². The molecule has 5 nitrogen and oxygen atoms in total. The van der Waals surface area contributed by atoms with Crippen LogP contribution < -0.4 is 5.32 Å². The number of nitrogens with one attached hydrogen (secondary N) is 1. The summed E-state index contributed by atoms with van der Waals surface area (Å²) in [5.41, 5.74) is 1.97. The van der Waals surface area contributed by atoms with Crippen molar-refractivity contribution in [3.63, 3.8) is 0 Å². The maximum absolute atomic E-state index is 4.75. The van der Waals surface area contributed by atoms with Crippen molar-refractivity contribution in [3.05, 3.63) is 48.7 Å². The van der Waals surface area contributed by atoms with E-state index in [1.165, 1.54) is 6.33 Å². The molecule has 2 aromatic heterocycles. The van der Waals surface area contributed by atoms with Gasteiger partial charge in [-0.3, -0.25) is 0 Å². The second kappa shape index (κ2) is 5.29. The van der Waals surface area contributed by atoms with Crippen LogP contribution in [0, 0.1) is 0 Å². The number of hydrogen-bond donors (Lipinski definition) is 1. The summed E-state index contributed by atoms with van der Waals surface area (Å²) in [6, 6.07) is 10.0. The summed E-state index contributed by atoms with van der Waals surface area (Å²) >= 11 is 1.58. The Bertz CT molecular complexity index is 710. The molecule has 1 aromatic carbocycles. The molecular formula is C15H17N5S. The number of rotatable bonds is 3. The van der Waals surface area contributed by atoms with E-state index in [1.54, 1.807) is 22.3 Å². The summed E-state index contributed by atoms with van der Waals surface area (Å²) in [6.45, 7) is 6.44. The lowest BCUT2D eigenvalue weighted by atomic mass is 9.92. The van der Waals surface area contributed by atoms with E-state index in [1.807, 2.05) is 30.3 Å². The number of thiazole rings is 1. The molecule has 0 radical (unpaired) electrons. The molecular weight excluding hydrogens is 282 g/mol. The van der Waals surface area contributed by atoms with Crippen LogP contribution in [0.5, 0.6) is 0 Å². The number of para-hydroxylation sites is 1. The van der Waals surface area contributed by atoms with Gasteiger partial charge in [-0.1, -0.05) is 50.3 Å². The SMILES string of the molecule is CC(C)(C)c1nc(Nc2ccccc2)sc1-n1cncn1. The number of anilines is 2. The van der Waals surface area contributed by atoms with Gasteiger partial charge in [-0.2, -0.15) is 5.10 Å². The van der Waals surface area contributed by atoms with E-state index in [2.05, 4.69) is 36.2 Å². The van der Waals surface area contributed by atoms with E-state index >= 15 is 0 Å². The third-order valence-corrected chi connectivity index (χ3v) is 3.93. The van der Waals surface area contributed by atoms with Crippen LogP contribution in [0.1, 0.15) is 26.5 Å². The zero-order valence-electron chi connectivity index (χ0n) is 12.2. The Morgan fingerprint density at radius 2 is 1.90 bits per heavy atom. The molecule has 108 valence electrons. The molecule has 0 atom stereocenters. The fraction of sp³-hybridized carbons (Fsp3) is 0.267. The molecule has 2 heterocycles. The first-order chi connectivity index (χ1) is 10.0. The molecule has 0 aliphatic carbocycles. The minimum absolute atomic E-state index is 0.0611. The fourth-order valence-electron chi connectivity index (χ4n) is 1.97. The maximum Gasteiger partial charge on any atom is 0.189 e. The van der Waals surface area contributed by atoms with Gasteiger partial charge in [0.25, 0.3) is 0 Å². The number of benzene rings is 1. The maximum atomic E-state index is 4.75. The molecule has 0 unspecified atom stereocenters. The molecule has 0 fully saturated rings. The van der Waals surface area contributed by atoms with Crippen LogP contribution in [0.4, 0.5) is 10.8 Å². The Morgan fingerprint density at radius 3 is 2.52 bits per heavy atom. The first-order valence-electron chi connectivity index (χ1n) is 6.72. The molecule has 3 aromatic rings. The molecule has 0 saturated carbocycles. The van der Waals surface area contributed by atoms with Gasteiger partial charge in [-0.15, -0.1) is 0 Å². The van der Waals surface area contributed by atoms with Crippen molar-refractivity contribution in [1.29, 1.82) is 0 Å².